The van der Waals surface area contributed by atoms with E-state index >= 15 is 0 Å². The number of fused-ring (bicyclic) bond motifs is 2. The highest BCUT2D eigenvalue weighted by atomic mass is 14.3. The van der Waals surface area contributed by atoms with Crippen LogP contribution in [0.3, 0.4) is 0 Å². The van der Waals surface area contributed by atoms with Gasteiger partial charge in [-0.05, 0) is 52.9 Å². The largest absolute Gasteiger partial charge is 0.192 e. The molecule has 0 fully saturated rings. The van der Waals surface area contributed by atoms with Gasteiger partial charge in [0.2, 0.25) is 0 Å². The fourth-order valence-corrected chi connectivity index (χ4v) is 3.79. The molecule has 28 heavy (non-hydrogen) atoms. The van der Waals surface area contributed by atoms with Crippen LogP contribution in [0, 0.1) is 34.0 Å². The molecule has 0 aromatic heterocycles. The molecule has 130 valence electrons. The second kappa shape index (κ2) is 7.24. The van der Waals surface area contributed by atoms with E-state index in [1.807, 2.05) is 60.7 Å². The van der Waals surface area contributed by atoms with Crippen LogP contribution >= 0.6 is 0 Å². The van der Waals surface area contributed by atoms with Gasteiger partial charge in [0.15, 0.2) is 0 Å². The highest BCUT2D eigenvalue weighted by Gasteiger charge is 2.13. The summed E-state index contributed by atoms with van der Waals surface area (Å²) in [6.45, 7) is 0. The second-order valence-electron chi connectivity index (χ2n) is 6.70. The Morgan fingerprint density at radius 1 is 0.607 bits per heavy atom. The lowest BCUT2D eigenvalue weighted by Gasteiger charge is -2.11. The molecule has 4 aromatic carbocycles. The fourth-order valence-electron chi connectivity index (χ4n) is 3.79. The number of aryl methyl sites for hydroxylation is 2. The van der Waals surface area contributed by atoms with Crippen molar-refractivity contribution >= 4 is 21.5 Å². The zero-order valence-corrected chi connectivity index (χ0v) is 15.1. The van der Waals surface area contributed by atoms with Crippen molar-refractivity contribution in [3.05, 3.63) is 94.5 Å². The molecule has 3 heteroatoms. The van der Waals surface area contributed by atoms with Gasteiger partial charge in [-0.25, -0.2) is 0 Å². The number of benzene rings is 4. The first-order valence-corrected chi connectivity index (χ1v) is 9.01. The quantitative estimate of drug-likeness (QED) is 0.493. The Kier molecular flexibility index (Phi) is 4.47. The number of rotatable bonds is 3. The number of hydrogen-bond acceptors (Lipinski definition) is 3. The SMILES string of the molecule is N#Cc1cc(CCc2cc(C#N)c3ccccc3c2C#N)c2ccccc2c1. The summed E-state index contributed by atoms with van der Waals surface area (Å²) in [5.74, 6) is 0. The van der Waals surface area contributed by atoms with Crippen molar-refractivity contribution in [1.29, 1.82) is 15.8 Å². The predicted molar refractivity (Wildman–Crippen MR) is 109 cm³/mol. The molecule has 4 rings (SSSR count). The number of nitriles is 3. The van der Waals surface area contributed by atoms with Crippen molar-refractivity contribution in [3.63, 3.8) is 0 Å². The average molecular weight is 357 g/mol. The second-order valence-corrected chi connectivity index (χ2v) is 6.70. The predicted octanol–water partition coefficient (Wildman–Crippen LogP) is 5.39. The third-order valence-electron chi connectivity index (χ3n) is 5.10. The van der Waals surface area contributed by atoms with Gasteiger partial charge >= 0.3 is 0 Å². The molecule has 0 N–H and O–H groups in total. The molecule has 0 spiro atoms. The summed E-state index contributed by atoms with van der Waals surface area (Å²) in [6.07, 6.45) is 1.31. The van der Waals surface area contributed by atoms with Crippen LogP contribution in [-0.2, 0) is 12.8 Å². The van der Waals surface area contributed by atoms with E-state index in [4.69, 9.17) is 0 Å². The molecule has 0 aliphatic heterocycles. The van der Waals surface area contributed by atoms with Gasteiger partial charge in [-0.15, -0.1) is 0 Å². The van der Waals surface area contributed by atoms with E-state index in [0.717, 1.165) is 32.7 Å². The number of hydrogen-bond donors (Lipinski definition) is 0. The zero-order chi connectivity index (χ0) is 19.5. The molecule has 0 aliphatic rings. The van der Waals surface area contributed by atoms with E-state index in [-0.39, 0.29) is 0 Å². The maximum absolute atomic E-state index is 9.76. The minimum atomic E-state index is 0.584. The topological polar surface area (TPSA) is 71.4 Å². The van der Waals surface area contributed by atoms with Crippen molar-refractivity contribution in [2.24, 2.45) is 0 Å². The van der Waals surface area contributed by atoms with Crippen molar-refractivity contribution in [2.75, 3.05) is 0 Å². The first-order valence-electron chi connectivity index (χ1n) is 9.01. The standard InChI is InChI=1S/C25H15N3/c26-14-17-11-18-5-1-2-6-22(18)19(12-17)9-10-20-13-21(15-27)23-7-3-4-8-24(23)25(20)16-28/h1-8,11-13H,9-10H2. The first kappa shape index (κ1) is 17.3. The van der Waals surface area contributed by atoms with E-state index in [0.29, 0.717) is 29.5 Å². The van der Waals surface area contributed by atoms with E-state index in [9.17, 15) is 15.8 Å². The van der Waals surface area contributed by atoms with Crippen LogP contribution < -0.4 is 0 Å². The fraction of sp³-hybridized carbons (Fsp3) is 0.0800. The third-order valence-corrected chi connectivity index (χ3v) is 5.10. The summed E-state index contributed by atoms with van der Waals surface area (Å²) in [5.41, 5.74) is 3.77. The summed E-state index contributed by atoms with van der Waals surface area (Å²) >= 11 is 0. The Hall–Kier alpha value is -4.13. The average Bonchev–Trinajstić information content (AvgIpc) is 2.76. The van der Waals surface area contributed by atoms with Crippen molar-refractivity contribution in [2.45, 2.75) is 12.8 Å². The van der Waals surface area contributed by atoms with Crippen molar-refractivity contribution in [3.8, 4) is 18.2 Å². The molecule has 0 radical (unpaired) electrons. The zero-order valence-electron chi connectivity index (χ0n) is 15.1. The van der Waals surface area contributed by atoms with Gasteiger partial charge in [0.1, 0.15) is 6.07 Å². The van der Waals surface area contributed by atoms with E-state index in [1.54, 1.807) is 0 Å². The van der Waals surface area contributed by atoms with Crippen LogP contribution in [0.1, 0.15) is 27.8 Å². The minimum Gasteiger partial charge on any atom is -0.192 e. The Morgan fingerprint density at radius 2 is 1.29 bits per heavy atom. The lowest BCUT2D eigenvalue weighted by atomic mass is 9.91. The lowest BCUT2D eigenvalue weighted by Crippen LogP contribution is -1.99. The first-order chi connectivity index (χ1) is 13.7. The van der Waals surface area contributed by atoms with Gasteiger partial charge in [0.25, 0.3) is 0 Å². The van der Waals surface area contributed by atoms with Crippen LogP contribution in [0.4, 0.5) is 0 Å². The van der Waals surface area contributed by atoms with Gasteiger partial charge in [0.05, 0.1) is 28.8 Å². The van der Waals surface area contributed by atoms with Gasteiger partial charge in [0, 0.05) is 10.8 Å². The molecular formula is C25H15N3. The van der Waals surface area contributed by atoms with E-state index < -0.39 is 0 Å². The normalized spacial score (nSPS) is 10.3. The summed E-state index contributed by atoms with van der Waals surface area (Å²) < 4.78 is 0. The van der Waals surface area contributed by atoms with Crippen LogP contribution in [-0.4, -0.2) is 0 Å². The number of nitrogens with zero attached hydrogens (tertiary/aromatic N) is 3. The molecule has 0 unspecified atom stereocenters. The minimum absolute atomic E-state index is 0.584. The highest BCUT2D eigenvalue weighted by Crippen LogP contribution is 2.28. The highest BCUT2D eigenvalue weighted by molar-refractivity contribution is 5.93. The summed E-state index contributed by atoms with van der Waals surface area (Å²) in [7, 11) is 0. The Morgan fingerprint density at radius 3 is 2.00 bits per heavy atom. The molecular weight excluding hydrogens is 342 g/mol. The molecule has 0 atom stereocenters. The molecule has 3 nitrogen and oxygen atoms in total. The summed E-state index contributed by atoms with van der Waals surface area (Å²) in [6, 6.07) is 28.0. The van der Waals surface area contributed by atoms with Gasteiger partial charge in [-0.1, -0.05) is 48.5 Å². The van der Waals surface area contributed by atoms with Crippen molar-refractivity contribution in [1.82, 2.24) is 0 Å². The summed E-state index contributed by atoms with van der Waals surface area (Å²) in [4.78, 5) is 0. The van der Waals surface area contributed by atoms with Crippen LogP contribution in [0.15, 0.2) is 66.7 Å². The Labute approximate surface area is 163 Å². The maximum Gasteiger partial charge on any atom is 0.100 e. The van der Waals surface area contributed by atoms with E-state index in [2.05, 4.69) is 24.3 Å². The summed E-state index contributed by atoms with van der Waals surface area (Å²) in [5, 5.41) is 32.4. The Balaban J connectivity index is 1.81. The van der Waals surface area contributed by atoms with Gasteiger partial charge in [-0.3, -0.25) is 0 Å². The molecule has 0 saturated heterocycles. The smallest absolute Gasteiger partial charge is 0.100 e. The van der Waals surface area contributed by atoms with Gasteiger partial charge in [-0.2, -0.15) is 15.8 Å². The van der Waals surface area contributed by atoms with Crippen molar-refractivity contribution < 1.29 is 0 Å². The molecule has 0 amide bonds. The molecule has 0 bridgehead atoms. The molecule has 0 heterocycles. The third kappa shape index (κ3) is 2.95. The van der Waals surface area contributed by atoms with E-state index in [1.165, 1.54) is 0 Å². The molecule has 0 aliphatic carbocycles. The van der Waals surface area contributed by atoms with Crippen LogP contribution in [0.5, 0.6) is 0 Å². The van der Waals surface area contributed by atoms with Gasteiger partial charge < -0.3 is 0 Å². The molecule has 0 saturated carbocycles. The molecule has 4 aromatic rings. The van der Waals surface area contributed by atoms with Crippen LogP contribution in [0.2, 0.25) is 0 Å². The monoisotopic (exact) mass is 357 g/mol. The maximum atomic E-state index is 9.76. The lowest BCUT2D eigenvalue weighted by molar-refractivity contribution is 0.965. The Bertz CT molecular complexity index is 1340. The van der Waals surface area contributed by atoms with Crippen LogP contribution in [0.25, 0.3) is 21.5 Å².